The van der Waals surface area contributed by atoms with E-state index in [9.17, 15) is 14.9 Å². The van der Waals surface area contributed by atoms with E-state index in [1.807, 2.05) is 12.1 Å². The lowest BCUT2D eigenvalue weighted by molar-refractivity contribution is -0.385. The molecule has 0 bridgehead atoms. The molecule has 0 fully saturated rings. The Hall–Kier alpha value is -3.29. The summed E-state index contributed by atoms with van der Waals surface area (Å²) >= 11 is 2.62. The van der Waals surface area contributed by atoms with Crippen LogP contribution in [0.5, 0.6) is 0 Å². The number of nitrogens with one attached hydrogen (secondary N) is 1. The molecule has 2 aromatic carbocycles. The second-order valence-corrected chi connectivity index (χ2v) is 7.40. The van der Waals surface area contributed by atoms with E-state index in [0.717, 1.165) is 5.56 Å². The lowest BCUT2D eigenvalue weighted by Gasteiger charge is -2.01. The number of amides is 1. The van der Waals surface area contributed by atoms with Gasteiger partial charge in [0, 0.05) is 11.8 Å². The number of para-hydroxylation sites is 1. The summed E-state index contributed by atoms with van der Waals surface area (Å²) in [7, 11) is 0. The molecule has 3 rings (SSSR count). The molecule has 0 spiro atoms. The van der Waals surface area contributed by atoms with Crippen LogP contribution >= 0.6 is 23.1 Å². The molecule has 1 aromatic heterocycles. The normalized spacial score (nSPS) is 10.2. The zero-order valence-electron chi connectivity index (χ0n) is 13.7. The fourth-order valence-corrected chi connectivity index (χ4v) is 3.83. The molecule has 0 unspecified atom stereocenters. The monoisotopic (exact) mass is 397 g/mol. The number of aromatic nitrogens is 2. The fraction of sp³-hybridized carbons (Fsp3) is 0.0588. The number of hydrogen-bond donors (Lipinski definition) is 1. The van der Waals surface area contributed by atoms with Crippen LogP contribution in [0, 0.1) is 21.4 Å². The van der Waals surface area contributed by atoms with Crippen LogP contribution < -0.4 is 5.32 Å². The number of nitro groups is 1. The van der Waals surface area contributed by atoms with Gasteiger partial charge in [0.2, 0.25) is 5.13 Å². The summed E-state index contributed by atoms with van der Waals surface area (Å²) in [6.45, 7) is 0. The lowest BCUT2D eigenvalue weighted by Crippen LogP contribution is -2.13. The lowest BCUT2D eigenvalue weighted by atomic mass is 10.1. The molecule has 10 heteroatoms. The van der Waals surface area contributed by atoms with Gasteiger partial charge in [0.15, 0.2) is 4.34 Å². The molecule has 27 heavy (non-hydrogen) atoms. The van der Waals surface area contributed by atoms with Crippen LogP contribution in [0.4, 0.5) is 10.8 Å². The van der Waals surface area contributed by atoms with E-state index in [0.29, 0.717) is 15.7 Å². The molecule has 0 aliphatic carbocycles. The van der Waals surface area contributed by atoms with Crippen LogP contribution in [0.3, 0.4) is 0 Å². The maximum atomic E-state index is 12.3. The quantitative estimate of drug-likeness (QED) is 0.290. The third kappa shape index (κ3) is 4.66. The Labute approximate surface area is 162 Å². The molecule has 0 aliphatic heterocycles. The molecular formula is C17H11N5O3S2. The number of hydrogen-bond acceptors (Lipinski definition) is 8. The first-order valence-corrected chi connectivity index (χ1v) is 9.37. The van der Waals surface area contributed by atoms with Gasteiger partial charge in [-0.2, -0.15) is 5.26 Å². The van der Waals surface area contributed by atoms with Gasteiger partial charge in [-0.05, 0) is 23.8 Å². The SMILES string of the molecule is N#Cc1ccc(CSc2nnc(NC(=O)c3ccccc3[N+](=O)[O-])s2)cc1. The Morgan fingerprint density at radius 2 is 1.96 bits per heavy atom. The Kier molecular flexibility index (Phi) is 5.75. The zero-order valence-corrected chi connectivity index (χ0v) is 15.3. The number of anilines is 1. The van der Waals surface area contributed by atoms with Gasteiger partial charge in [0.05, 0.1) is 16.6 Å². The van der Waals surface area contributed by atoms with Crippen LogP contribution in [0.2, 0.25) is 0 Å². The Morgan fingerprint density at radius 3 is 2.67 bits per heavy atom. The largest absolute Gasteiger partial charge is 0.296 e. The second kappa shape index (κ2) is 8.39. The van der Waals surface area contributed by atoms with E-state index >= 15 is 0 Å². The molecular weight excluding hydrogens is 386 g/mol. The Bertz CT molecular complexity index is 1030. The number of nitriles is 1. The number of benzene rings is 2. The summed E-state index contributed by atoms with van der Waals surface area (Å²) in [5, 5.41) is 30.5. The number of thioether (sulfide) groups is 1. The highest BCUT2D eigenvalue weighted by molar-refractivity contribution is 8.00. The highest BCUT2D eigenvalue weighted by atomic mass is 32.2. The molecule has 1 N–H and O–H groups in total. The minimum atomic E-state index is -0.609. The van der Waals surface area contributed by atoms with E-state index in [4.69, 9.17) is 5.26 Å². The van der Waals surface area contributed by atoms with Crippen molar-refractivity contribution in [1.29, 1.82) is 5.26 Å². The van der Waals surface area contributed by atoms with E-state index in [1.165, 1.54) is 41.3 Å². The average Bonchev–Trinajstić information content (AvgIpc) is 3.14. The van der Waals surface area contributed by atoms with E-state index in [2.05, 4.69) is 21.6 Å². The smallest absolute Gasteiger partial charge is 0.282 e. The predicted octanol–water partition coefficient (Wildman–Crippen LogP) is 3.86. The number of nitrogens with zero attached hydrogens (tertiary/aromatic N) is 4. The number of carbonyl (C=O) groups excluding carboxylic acids is 1. The summed E-state index contributed by atoms with van der Waals surface area (Å²) < 4.78 is 0.650. The molecule has 134 valence electrons. The number of rotatable bonds is 6. The molecule has 3 aromatic rings. The highest BCUT2D eigenvalue weighted by Gasteiger charge is 2.20. The van der Waals surface area contributed by atoms with Crippen molar-refractivity contribution in [2.24, 2.45) is 0 Å². The topological polar surface area (TPSA) is 122 Å². The highest BCUT2D eigenvalue weighted by Crippen LogP contribution is 2.29. The summed E-state index contributed by atoms with van der Waals surface area (Å²) in [6.07, 6.45) is 0. The van der Waals surface area contributed by atoms with Crippen molar-refractivity contribution in [3.8, 4) is 6.07 Å². The van der Waals surface area contributed by atoms with Crippen molar-refractivity contribution in [2.45, 2.75) is 10.1 Å². The zero-order chi connectivity index (χ0) is 19.2. The van der Waals surface area contributed by atoms with Crippen LogP contribution in [0.25, 0.3) is 0 Å². The van der Waals surface area contributed by atoms with Gasteiger partial charge in [-0.1, -0.05) is 47.4 Å². The first kappa shape index (κ1) is 18.5. The Balaban J connectivity index is 1.63. The summed E-state index contributed by atoms with van der Waals surface area (Å²) in [6, 6.07) is 15.0. The van der Waals surface area contributed by atoms with Crippen molar-refractivity contribution >= 4 is 39.8 Å². The van der Waals surface area contributed by atoms with Crippen molar-refractivity contribution in [3.63, 3.8) is 0 Å². The molecule has 8 nitrogen and oxygen atoms in total. The molecule has 0 aliphatic rings. The fourth-order valence-electron chi connectivity index (χ4n) is 2.13. The third-order valence-electron chi connectivity index (χ3n) is 3.42. The van der Waals surface area contributed by atoms with Crippen molar-refractivity contribution in [2.75, 3.05) is 5.32 Å². The summed E-state index contributed by atoms with van der Waals surface area (Å²) in [5.41, 5.74) is 1.32. The van der Waals surface area contributed by atoms with Gasteiger partial charge < -0.3 is 0 Å². The second-order valence-electron chi connectivity index (χ2n) is 5.20. The van der Waals surface area contributed by atoms with E-state index in [-0.39, 0.29) is 16.4 Å². The Morgan fingerprint density at radius 1 is 1.22 bits per heavy atom. The summed E-state index contributed by atoms with van der Waals surface area (Å²) in [4.78, 5) is 22.7. The van der Waals surface area contributed by atoms with Crippen LogP contribution in [0.15, 0.2) is 52.9 Å². The van der Waals surface area contributed by atoms with Crippen LogP contribution in [-0.2, 0) is 5.75 Å². The minimum Gasteiger partial charge on any atom is -0.296 e. The first-order valence-electron chi connectivity index (χ1n) is 7.57. The molecule has 0 radical (unpaired) electrons. The van der Waals surface area contributed by atoms with Gasteiger partial charge in [-0.25, -0.2) is 0 Å². The molecule has 1 heterocycles. The summed E-state index contributed by atoms with van der Waals surface area (Å²) in [5.74, 6) is 0.0282. The molecule has 0 atom stereocenters. The van der Waals surface area contributed by atoms with Crippen molar-refractivity contribution in [3.05, 3.63) is 75.3 Å². The molecule has 0 saturated carbocycles. The van der Waals surface area contributed by atoms with Crippen LogP contribution in [0.1, 0.15) is 21.5 Å². The van der Waals surface area contributed by atoms with E-state index in [1.54, 1.807) is 18.2 Å². The predicted molar refractivity (Wildman–Crippen MR) is 102 cm³/mol. The first-order chi connectivity index (χ1) is 13.1. The van der Waals surface area contributed by atoms with E-state index < -0.39 is 10.8 Å². The average molecular weight is 397 g/mol. The van der Waals surface area contributed by atoms with Crippen molar-refractivity contribution < 1.29 is 9.72 Å². The molecule has 0 saturated heterocycles. The number of carbonyl (C=O) groups is 1. The van der Waals surface area contributed by atoms with Gasteiger partial charge >= 0.3 is 0 Å². The van der Waals surface area contributed by atoms with Gasteiger partial charge in [-0.15, -0.1) is 10.2 Å². The van der Waals surface area contributed by atoms with Crippen LogP contribution in [-0.4, -0.2) is 21.0 Å². The number of nitro benzene ring substituents is 1. The van der Waals surface area contributed by atoms with Gasteiger partial charge in [0.25, 0.3) is 11.6 Å². The van der Waals surface area contributed by atoms with Crippen molar-refractivity contribution in [1.82, 2.24) is 10.2 Å². The molecule has 1 amide bonds. The standard InChI is InChI=1S/C17H11N5O3S2/c18-9-11-5-7-12(8-6-11)10-26-17-21-20-16(27-17)19-15(23)13-3-1-2-4-14(13)22(24)25/h1-8H,10H2,(H,19,20,23). The third-order valence-corrected chi connectivity index (χ3v) is 5.46. The minimum absolute atomic E-state index is 0.0375. The van der Waals surface area contributed by atoms with Gasteiger partial charge in [-0.3, -0.25) is 20.2 Å². The van der Waals surface area contributed by atoms with Gasteiger partial charge in [0.1, 0.15) is 5.56 Å². The maximum Gasteiger partial charge on any atom is 0.282 e. The maximum absolute atomic E-state index is 12.3.